The Morgan fingerprint density at radius 2 is 2.14 bits per heavy atom. The predicted molar refractivity (Wildman–Crippen MR) is 79.8 cm³/mol. The lowest BCUT2D eigenvalue weighted by Gasteiger charge is -2.17. The van der Waals surface area contributed by atoms with Crippen LogP contribution in [-0.4, -0.2) is 49.6 Å². The average molecular weight is 290 g/mol. The lowest BCUT2D eigenvalue weighted by atomic mass is 10.1. The number of hydrogen-bond donors (Lipinski definition) is 1. The van der Waals surface area contributed by atoms with E-state index in [-0.39, 0.29) is 24.5 Å². The summed E-state index contributed by atoms with van der Waals surface area (Å²) >= 11 is 0. The summed E-state index contributed by atoms with van der Waals surface area (Å²) in [4.78, 5) is 25.2. The van der Waals surface area contributed by atoms with Crippen LogP contribution < -0.4 is 5.32 Å². The minimum absolute atomic E-state index is 0.0404. The fourth-order valence-corrected chi connectivity index (χ4v) is 2.60. The second-order valence-corrected chi connectivity index (χ2v) is 5.33. The van der Waals surface area contributed by atoms with Gasteiger partial charge in [0.2, 0.25) is 11.8 Å². The molecule has 5 nitrogen and oxygen atoms in total. The molecule has 0 saturated carbocycles. The third kappa shape index (κ3) is 4.86. The Hall–Kier alpha value is -1.88. The highest BCUT2D eigenvalue weighted by molar-refractivity contribution is 5.82. The number of nitrogens with zero attached hydrogens (tertiary/aromatic N) is 1. The van der Waals surface area contributed by atoms with Crippen LogP contribution in [0.1, 0.15) is 18.4 Å². The number of methoxy groups -OCH3 is 1. The molecule has 1 atom stereocenters. The van der Waals surface area contributed by atoms with Gasteiger partial charge in [-0.3, -0.25) is 9.59 Å². The zero-order valence-electron chi connectivity index (χ0n) is 12.4. The van der Waals surface area contributed by atoms with Gasteiger partial charge in [-0.1, -0.05) is 30.3 Å². The van der Waals surface area contributed by atoms with E-state index in [1.807, 2.05) is 23.1 Å². The Morgan fingerprint density at radius 3 is 2.86 bits per heavy atom. The fraction of sp³-hybridized carbons (Fsp3) is 0.500. The van der Waals surface area contributed by atoms with Crippen LogP contribution in [0.15, 0.2) is 30.3 Å². The predicted octanol–water partition coefficient (Wildman–Crippen LogP) is 0.983. The van der Waals surface area contributed by atoms with Gasteiger partial charge in [-0.25, -0.2) is 0 Å². The Labute approximate surface area is 125 Å². The van der Waals surface area contributed by atoms with Crippen molar-refractivity contribution in [3.63, 3.8) is 0 Å². The standard InChI is InChI=1S/C16H22N2O3/c1-21-12-15(19)17-14-10-16(20)18(11-14)9-5-8-13-6-3-2-4-7-13/h2-4,6-7,14H,5,8-12H2,1H3,(H,17,19). The molecule has 0 bridgehead atoms. The van der Waals surface area contributed by atoms with E-state index in [1.54, 1.807) is 0 Å². The number of hydrogen-bond acceptors (Lipinski definition) is 3. The number of likely N-dealkylation sites (tertiary alicyclic amines) is 1. The molecule has 1 aromatic carbocycles. The summed E-state index contributed by atoms with van der Waals surface area (Å²) < 4.78 is 4.77. The van der Waals surface area contributed by atoms with Gasteiger partial charge < -0.3 is 15.0 Å². The van der Waals surface area contributed by atoms with Crippen molar-refractivity contribution in [2.45, 2.75) is 25.3 Å². The molecule has 0 radical (unpaired) electrons. The highest BCUT2D eigenvalue weighted by atomic mass is 16.5. The van der Waals surface area contributed by atoms with Gasteiger partial charge in [0.1, 0.15) is 6.61 Å². The number of ether oxygens (including phenoxy) is 1. The fourth-order valence-electron chi connectivity index (χ4n) is 2.60. The van der Waals surface area contributed by atoms with Crippen LogP contribution in [0.3, 0.4) is 0 Å². The summed E-state index contributed by atoms with van der Waals surface area (Å²) in [5.41, 5.74) is 1.29. The van der Waals surface area contributed by atoms with Crippen molar-refractivity contribution in [3.05, 3.63) is 35.9 Å². The van der Waals surface area contributed by atoms with E-state index in [0.717, 1.165) is 19.4 Å². The number of aryl methyl sites for hydroxylation is 1. The van der Waals surface area contributed by atoms with Crippen molar-refractivity contribution in [3.8, 4) is 0 Å². The van der Waals surface area contributed by atoms with Crippen LogP contribution in [-0.2, 0) is 20.7 Å². The first-order valence-electron chi connectivity index (χ1n) is 7.29. The third-order valence-electron chi connectivity index (χ3n) is 3.59. The van der Waals surface area contributed by atoms with Gasteiger partial charge >= 0.3 is 0 Å². The molecule has 1 unspecified atom stereocenters. The van der Waals surface area contributed by atoms with Crippen LogP contribution in [0.2, 0.25) is 0 Å². The first-order chi connectivity index (χ1) is 10.2. The van der Waals surface area contributed by atoms with E-state index in [0.29, 0.717) is 13.0 Å². The molecule has 0 spiro atoms. The average Bonchev–Trinajstić information content (AvgIpc) is 2.80. The largest absolute Gasteiger partial charge is 0.375 e. The van der Waals surface area contributed by atoms with E-state index in [2.05, 4.69) is 17.4 Å². The van der Waals surface area contributed by atoms with Gasteiger partial charge in [0.05, 0.1) is 6.04 Å². The first-order valence-corrected chi connectivity index (χ1v) is 7.29. The molecule has 0 aliphatic carbocycles. The summed E-state index contributed by atoms with van der Waals surface area (Å²) in [6.07, 6.45) is 2.29. The van der Waals surface area contributed by atoms with Crippen LogP contribution in [0, 0.1) is 0 Å². The minimum Gasteiger partial charge on any atom is -0.375 e. The number of carbonyl (C=O) groups is 2. The molecular weight excluding hydrogens is 268 g/mol. The highest BCUT2D eigenvalue weighted by Gasteiger charge is 2.29. The topological polar surface area (TPSA) is 58.6 Å². The number of rotatable bonds is 7. The van der Waals surface area contributed by atoms with Gasteiger partial charge in [0.15, 0.2) is 0 Å². The maximum absolute atomic E-state index is 11.9. The summed E-state index contributed by atoms with van der Waals surface area (Å²) in [5, 5.41) is 2.82. The second-order valence-electron chi connectivity index (χ2n) is 5.33. The molecule has 5 heteroatoms. The van der Waals surface area contributed by atoms with Crippen LogP contribution in [0.4, 0.5) is 0 Å². The number of benzene rings is 1. The van der Waals surface area contributed by atoms with Crippen molar-refractivity contribution in [2.75, 3.05) is 26.8 Å². The number of amides is 2. The molecule has 1 aliphatic rings. The molecule has 1 heterocycles. The summed E-state index contributed by atoms with van der Waals surface area (Å²) in [5.74, 6) is -0.0489. The Balaban J connectivity index is 1.72. The molecule has 1 fully saturated rings. The summed E-state index contributed by atoms with van der Waals surface area (Å²) in [6.45, 7) is 1.38. The van der Waals surface area contributed by atoms with E-state index in [1.165, 1.54) is 12.7 Å². The van der Waals surface area contributed by atoms with Crippen molar-refractivity contribution >= 4 is 11.8 Å². The molecule has 21 heavy (non-hydrogen) atoms. The van der Waals surface area contributed by atoms with Crippen LogP contribution in [0.5, 0.6) is 0 Å². The number of carbonyl (C=O) groups excluding carboxylic acids is 2. The lowest BCUT2D eigenvalue weighted by molar-refractivity contribution is -0.127. The molecule has 114 valence electrons. The molecular formula is C16H22N2O3. The van der Waals surface area contributed by atoms with E-state index in [4.69, 9.17) is 4.74 Å². The maximum Gasteiger partial charge on any atom is 0.246 e. The Kier molecular flexibility index (Phi) is 5.75. The van der Waals surface area contributed by atoms with Crippen molar-refractivity contribution in [2.24, 2.45) is 0 Å². The Morgan fingerprint density at radius 1 is 1.38 bits per heavy atom. The first kappa shape index (κ1) is 15.5. The third-order valence-corrected chi connectivity index (χ3v) is 3.59. The van der Waals surface area contributed by atoms with Gasteiger partial charge in [0, 0.05) is 26.6 Å². The van der Waals surface area contributed by atoms with Gasteiger partial charge in [0.25, 0.3) is 0 Å². The molecule has 1 N–H and O–H groups in total. The monoisotopic (exact) mass is 290 g/mol. The summed E-state index contributed by atoms with van der Waals surface area (Å²) in [7, 11) is 1.48. The van der Waals surface area contributed by atoms with Crippen LogP contribution in [0.25, 0.3) is 0 Å². The van der Waals surface area contributed by atoms with E-state index >= 15 is 0 Å². The number of nitrogens with one attached hydrogen (secondary N) is 1. The van der Waals surface area contributed by atoms with Gasteiger partial charge in [-0.2, -0.15) is 0 Å². The van der Waals surface area contributed by atoms with Gasteiger partial charge in [-0.05, 0) is 18.4 Å². The normalized spacial score (nSPS) is 18.0. The zero-order chi connectivity index (χ0) is 15.1. The van der Waals surface area contributed by atoms with E-state index in [9.17, 15) is 9.59 Å². The molecule has 1 aromatic rings. The molecule has 1 saturated heterocycles. The smallest absolute Gasteiger partial charge is 0.246 e. The van der Waals surface area contributed by atoms with E-state index < -0.39 is 0 Å². The lowest BCUT2D eigenvalue weighted by Crippen LogP contribution is -2.39. The Bertz CT molecular complexity index is 476. The quantitative estimate of drug-likeness (QED) is 0.814. The highest BCUT2D eigenvalue weighted by Crippen LogP contribution is 2.12. The van der Waals surface area contributed by atoms with Crippen LogP contribution >= 0.6 is 0 Å². The van der Waals surface area contributed by atoms with Crippen molar-refractivity contribution in [1.29, 1.82) is 0 Å². The van der Waals surface area contributed by atoms with Crippen molar-refractivity contribution < 1.29 is 14.3 Å². The zero-order valence-corrected chi connectivity index (χ0v) is 12.4. The minimum atomic E-state index is -0.165. The SMILES string of the molecule is COCC(=O)NC1CC(=O)N(CCCc2ccccc2)C1. The van der Waals surface area contributed by atoms with Gasteiger partial charge in [-0.15, -0.1) is 0 Å². The van der Waals surface area contributed by atoms with Crippen molar-refractivity contribution in [1.82, 2.24) is 10.2 Å². The maximum atomic E-state index is 11.9. The molecule has 0 aromatic heterocycles. The molecule has 2 rings (SSSR count). The summed E-state index contributed by atoms with van der Waals surface area (Å²) in [6, 6.07) is 10.2. The molecule has 2 amide bonds. The second kappa shape index (κ2) is 7.78. The molecule has 1 aliphatic heterocycles.